The molecule has 0 unspecified atom stereocenters. The van der Waals surface area contributed by atoms with Crippen LogP contribution in [0.15, 0.2) is 18.2 Å². The molecular formula is C18H26F2O. The van der Waals surface area contributed by atoms with Gasteiger partial charge in [0.25, 0.3) is 0 Å². The molecule has 0 aliphatic carbocycles. The Morgan fingerprint density at radius 1 is 0.905 bits per heavy atom. The van der Waals surface area contributed by atoms with Gasteiger partial charge in [-0.2, -0.15) is 0 Å². The van der Waals surface area contributed by atoms with E-state index in [1.54, 1.807) is 0 Å². The minimum absolute atomic E-state index is 0.116. The Balaban J connectivity index is 2.13. The molecule has 1 rings (SSSR count). The van der Waals surface area contributed by atoms with Crippen LogP contribution >= 0.6 is 0 Å². The maximum Gasteiger partial charge on any atom is 0.169 e. The molecule has 0 bridgehead atoms. The van der Waals surface area contributed by atoms with Crippen LogP contribution in [0.5, 0.6) is 0 Å². The second-order valence-corrected chi connectivity index (χ2v) is 5.60. The highest BCUT2D eigenvalue weighted by atomic mass is 19.2. The van der Waals surface area contributed by atoms with Gasteiger partial charge in [-0.15, -0.1) is 0 Å². The highest BCUT2D eigenvalue weighted by molar-refractivity contribution is 5.96. The number of hydrogen-bond donors (Lipinski definition) is 0. The van der Waals surface area contributed by atoms with Crippen molar-refractivity contribution in [2.24, 2.45) is 0 Å². The van der Waals surface area contributed by atoms with Crippen LogP contribution in [0.1, 0.15) is 81.5 Å². The van der Waals surface area contributed by atoms with Crippen molar-refractivity contribution < 1.29 is 13.6 Å². The van der Waals surface area contributed by atoms with Gasteiger partial charge in [0.05, 0.1) is 5.56 Å². The number of benzene rings is 1. The fourth-order valence-electron chi connectivity index (χ4n) is 2.45. The fourth-order valence-corrected chi connectivity index (χ4v) is 2.45. The monoisotopic (exact) mass is 296 g/mol. The Morgan fingerprint density at radius 3 is 2.10 bits per heavy atom. The number of hydrogen-bond acceptors (Lipinski definition) is 1. The van der Waals surface area contributed by atoms with E-state index in [1.807, 2.05) is 0 Å². The molecule has 1 aromatic carbocycles. The zero-order valence-electron chi connectivity index (χ0n) is 13.0. The second kappa shape index (κ2) is 10.5. The van der Waals surface area contributed by atoms with Gasteiger partial charge in [-0.25, -0.2) is 8.78 Å². The molecule has 0 spiro atoms. The third-order valence-electron chi connectivity index (χ3n) is 3.76. The maximum atomic E-state index is 13.4. The van der Waals surface area contributed by atoms with Crippen LogP contribution in [0.25, 0.3) is 0 Å². The molecule has 0 amide bonds. The van der Waals surface area contributed by atoms with Crippen molar-refractivity contribution in [3.8, 4) is 0 Å². The summed E-state index contributed by atoms with van der Waals surface area (Å²) in [6, 6.07) is 3.76. The Hall–Kier alpha value is -1.25. The molecule has 3 heteroatoms. The molecule has 0 heterocycles. The molecule has 0 aliphatic rings. The molecule has 0 saturated carbocycles. The molecule has 1 aromatic rings. The van der Waals surface area contributed by atoms with Gasteiger partial charge in [-0.3, -0.25) is 4.79 Å². The molecule has 0 aromatic heterocycles. The second-order valence-electron chi connectivity index (χ2n) is 5.60. The summed E-state index contributed by atoms with van der Waals surface area (Å²) in [5.74, 6) is -2.26. The first-order valence-electron chi connectivity index (χ1n) is 8.14. The van der Waals surface area contributed by atoms with E-state index in [-0.39, 0.29) is 11.3 Å². The lowest BCUT2D eigenvalue weighted by Crippen LogP contribution is -2.04. The minimum atomic E-state index is -1.02. The van der Waals surface area contributed by atoms with Crippen molar-refractivity contribution in [2.45, 2.75) is 71.1 Å². The third-order valence-corrected chi connectivity index (χ3v) is 3.76. The number of carbonyl (C=O) groups excluding carboxylic acids is 1. The van der Waals surface area contributed by atoms with E-state index in [9.17, 15) is 13.6 Å². The highest BCUT2D eigenvalue weighted by Gasteiger charge is 2.14. The van der Waals surface area contributed by atoms with E-state index in [0.717, 1.165) is 25.3 Å². The van der Waals surface area contributed by atoms with Crippen molar-refractivity contribution in [2.75, 3.05) is 0 Å². The average molecular weight is 296 g/mol. The largest absolute Gasteiger partial charge is 0.294 e. The molecule has 0 radical (unpaired) electrons. The highest BCUT2D eigenvalue weighted by Crippen LogP contribution is 2.16. The summed E-state index contributed by atoms with van der Waals surface area (Å²) in [6.45, 7) is 2.21. The van der Waals surface area contributed by atoms with Crippen LogP contribution in [0.4, 0.5) is 8.78 Å². The lowest BCUT2D eigenvalue weighted by molar-refractivity contribution is 0.0974. The van der Waals surface area contributed by atoms with E-state index < -0.39 is 11.6 Å². The predicted octanol–water partition coefficient (Wildman–Crippen LogP) is 6.07. The van der Waals surface area contributed by atoms with Gasteiger partial charge >= 0.3 is 0 Å². The van der Waals surface area contributed by atoms with Crippen molar-refractivity contribution in [1.82, 2.24) is 0 Å². The summed E-state index contributed by atoms with van der Waals surface area (Å²) >= 11 is 0. The zero-order valence-corrected chi connectivity index (χ0v) is 13.0. The first kappa shape index (κ1) is 17.8. The van der Waals surface area contributed by atoms with Crippen LogP contribution in [-0.2, 0) is 0 Å². The van der Waals surface area contributed by atoms with Gasteiger partial charge in [0.15, 0.2) is 17.4 Å². The standard InChI is InChI=1S/C18H26F2O/c1-2-3-4-5-6-7-8-9-10-14-17(21)15-12-11-13-16(19)18(15)20/h11-13H,2-10,14H2,1H3. The molecule has 0 N–H and O–H groups in total. The summed E-state index contributed by atoms with van der Waals surface area (Å²) in [6.07, 6.45) is 10.8. The van der Waals surface area contributed by atoms with Gasteiger partial charge in [0.1, 0.15) is 0 Å². The number of unbranched alkanes of at least 4 members (excludes halogenated alkanes) is 8. The van der Waals surface area contributed by atoms with E-state index in [0.29, 0.717) is 6.42 Å². The first-order valence-corrected chi connectivity index (χ1v) is 8.14. The molecule has 0 saturated heterocycles. The van der Waals surface area contributed by atoms with Gasteiger partial charge in [0, 0.05) is 6.42 Å². The third kappa shape index (κ3) is 6.83. The summed E-state index contributed by atoms with van der Waals surface area (Å²) < 4.78 is 26.5. The van der Waals surface area contributed by atoms with Gasteiger partial charge in [0.2, 0.25) is 0 Å². The average Bonchev–Trinajstić information content (AvgIpc) is 2.48. The normalized spacial score (nSPS) is 10.8. The number of Topliss-reactive ketones (excluding diaryl/α,β-unsaturated/α-hetero) is 1. The smallest absolute Gasteiger partial charge is 0.169 e. The maximum absolute atomic E-state index is 13.4. The van der Waals surface area contributed by atoms with E-state index in [1.165, 1.54) is 50.7 Å². The summed E-state index contributed by atoms with van der Waals surface area (Å²) in [7, 11) is 0. The molecule has 0 fully saturated rings. The lowest BCUT2D eigenvalue weighted by Gasteiger charge is -2.04. The molecule has 0 aliphatic heterocycles. The van der Waals surface area contributed by atoms with Crippen molar-refractivity contribution >= 4 is 5.78 Å². The van der Waals surface area contributed by atoms with Crippen molar-refractivity contribution in [3.05, 3.63) is 35.4 Å². The van der Waals surface area contributed by atoms with Crippen LogP contribution in [-0.4, -0.2) is 5.78 Å². The zero-order chi connectivity index (χ0) is 15.5. The Morgan fingerprint density at radius 2 is 1.48 bits per heavy atom. The molecular weight excluding hydrogens is 270 g/mol. The first-order chi connectivity index (χ1) is 10.2. The topological polar surface area (TPSA) is 17.1 Å². The quantitative estimate of drug-likeness (QED) is 0.358. The summed E-state index contributed by atoms with van der Waals surface area (Å²) in [5.41, 5.74) is -0.116. The molecule has 0 atom stereocenters. The van der Waals surface area contributed by atoms with Gasteiger partial charge in [-0.05, 0) is 18.6 Å². The summed E-state index contributed by atoms with van der Waals surface area (Å²) in [4.78, 5) is 11.8. The Bertz CT molecular complexity index is 429. The van der Waals surface area contributed by atoms with Crippen LogP contribution in [0.3, 0.4) is 0 Å². The van der Waals surface area contributed by atoms with Crippen molar-refractivity contribution in [1.29, 1.82) is 0 Å². The summed E-state index contributed by atoms with van der Waals surface area (Å²) in [5, 5.41) is 0. The number of carbonyl (C=O) groups is 1. The van der Waals surface area contributed by atoms with Crippen LogP contribution < -0.4 is 0 Å². The van der Waals surface area contributed by atoms with Crippen LogP contribution in [0, 0.1) is 11.6 Å². The number of halogens is 2. The molecule has 21 heavy (non-hydrogen) atoms. The Kier molecular flexibility index (Phi) is 8.88. The lowest BCUT2D eigenvalue weighted by atomic mass is 10.0. The van der Waals surface area contributed by atoms with E-state index in [4.69, 9.17) is 0 Å². The number of ketones is 1. The predicted molar refractivity (Wildman–Crippen MR) is 82.5 cm³/mol. The van der Waals surface area contributed by atoms with Gasteiger partial charge < -0.3 is 0 Å². The molecule has 118 valence electrons. The van der Waals surface area contributed by atoms with Crippen LogP contribution in [0.2, 0.25) is 0 Å². The fraction of sp³-hybridized carbons (Fsp3) is 0.611. The SMILES string of the molecule is CCCCCCCCCCCC(=O)c1cccc(F)c1F. The van der Waals surface area contributed by atoms with E-state index in [2.05, 4.69) is 6.92 Å². The number of rotatable bonds is 11. The van der Waals surface area contributed by atoms with Crippen molar-refractivity contribution in [3.63, 3.8) is 0 Å². The molecule has 1 nitrogen and oxygen atoms in total. The van der Waals surface area contributed by atoms with Gasteiger partial charge in [-0.1, -0.05) is 64.4 Å². The Labute approximate surface area is 126 Å². The van der Waals surface area contributed by atoms with E-state index >= 15 is 0 Å². The minimum Gasteiger partial charge on any atom is -0.294 e.